The molecule has 0 aliphatic carbocycles. The van der Waals surface area contributed by atoms with Crippen molar-refractivity contribution < 1.29 is 26.3 Å². The van der Waals surface area contributed by atoms with Gasteiger partial charge >= 0.3 is 0 Å². The Kier molecular flexibility index (Phi) is 5.97. The molecule has 0 N–H and O–H groups in total. The number of methoxy groups -OCH3 is 2. The maximum Gasteiger partial charge on any atom is 0.243 e. The van der Waals surface area contributed by atoms with Gasteiger partial charge in [0.25, 0.3) is 0 Å². The van der Waals surface area contributed by atoms with Crippen molar-refractivity contribution in [3.63, 3.8) is 0 Å². The van der Waals surface area contributed by atoms with E-state index in [4.69, 9.17) is 9.47 Å². The normalized spacial score (nSPS) is 20.3. The highest BCUT2D eigenvalue weighted by Crippen LogP contribution is 2.33. The molecule has 0 amide bonds. The summed E-state index contributed by atoms with van der Waals surface area (Å²) >= 11 is 0. The molecule has 28 heavy (non-hydrogen) atoms. The van der Waals surface area contributed by atoms with Crippen LogP contribution >= 0.6 is 0 Å². The topological polar surface area (TPSA) is 90.0 Å². The lowest BCUT2D eigenvalue weighted by atomic mass is 10.1. The highest BCUT2D eigenvalue weighted by Gasteiger charge is 2.35. The summed E-state index contributed by atoms with van der Waals surface area (Å²) in [5.74, 6) is 0.497. The van der Waals surface area contributed by atoms with Crippen molar-refractivity contribution in [2.24, 2.45) is 0 Å². The SMILES string of the molecule is COc1ccc(S(=O)(=O)N2CC[C@@H](c3ccccc3)S(=O)(=O)CC2)cc1OC. The van der Waals surface area contributed by atoms with Crippen LogP contribution in [0, 0.1) is 0 Å². The van der Waals surface area contributed by atoms with Gasteiger partial charge in [-0.05, 0) is 24.1 Å². The second-order valence-electron chi connectivity index (χ2n) is 6.48. The quantitative estimate of drug-likeness (QED) is 0.730. The van der Waals surface area contributed by atoms with Gasteiger partial charge in [-0.2, -0.15) is 4.31 Å². The highest BCUT2D eigenvalue weighted by atomic mass is 32.2. The standard InChI is InChI=1S/C19H23NO6S2/c1-25-17-9-8-16(14-18(17)26-2)28(23,24)20-11-10-19(27(21,22)13-12-20)15-6-4-3-5-7-15/h3-9,14,19H,10-13H2,1-2H3/t19-/m0/s1. The number of sulfonamides is 1. The van der Waals surface area contributed by atoms with Crippen LogP contribution in [0.2, 0.25) is 0 Å². The van der Waals surface area contributed by atoms with Gasteiger partial charge in [-0.3, -0.25) is 0 Å². The Balaban J connectivity index is 1.90. The molecule has 7 nitrogen and oxygen atoms in total. The van der Waals surface area contributed by atoms with E-state index in [-0.39, 0.29) is 30.2 Å². The van der Waals surface area contributed by atoms with Crippen LogP contribution in [0.1, 0.15) is 17.2 Å². The Morgan fingerprint density at radius 1 is 0.964 bits per heavy atom. The molecule has 0 radical (unpaired) electrons. The van der Waals surface area contributed by atoms with Crippen LogP contribution < -0.4 is 9.47 Å². The Morgan fingerprint density at radius 3 is 2.29 bits per heavy atom. The first-order chi connectivity index (χ1) is 13.3. The molecule has 2 aromatic carbocycles. The van der Waals surface area contributed by atoms with Gasteiger partial charge in [-0.25, -0.2) is 16.8 Å². The van der Waals surface area contributed by atoms with Gasteiger partial charge in [0.1, 0.15) is 0 Å². The Labute approximate surface area is 165 Å². The molecular weight excluding hydrogens is 402 g/mol. The number of rotatable bonds is 5. The molecule has 1 atom stereocenters. The first-order valence-electron chi connectivity index (χ1n) is 8.78. The molecule has 9 heteroatoms. The third kappa shape index (κ3) is 4.01. The number of hydrogen-bond donors (Lipinski definition) is 0. The van der Waals surface area contributed by atoms with Gasteiger partial charge in [0.15, 0.2) is 21.3 Å². The van der Waals surface area contributed by atoms with Crippen molar-refractivity contribution in [3.8, 4) is 11.5 Å². The van der Waals surface area contributed by atoms with Crippen LogP contribution in [0.3, 0.4) is 0 Å². The summed E-state index contributed by atoms with van der Waals surface area (Å²) in [4.78, 5) is 0.0423. The number of hydrogen-bond acceptors (Lipinski definition) is 6. The van der Waals surface area contributed by atoms with Gasteiger partial charge < -0.3 is 9.47 Å². The van der Waals surface area contributed by atoms with Crippen molar-refractivity contribution >= 4 is 19.9 Å². The summed E-state index contributed by atoms with van der Waals surface area (Å²) in [5.41, 5.74) is 0.688. The zero-order valence-corrected chi connectivity index (χ0v) is 17.4. The lowest BCUT2D eigenvalue weighted by molar-refractivity contribution is 0.353. The zero-order chi connectivity index (χ0) is 20.4. The van der Waals surface area contributed by atoms with Gasteiger partial charge in [0.05, 0.1) is 30.1 Å². The smallest absolute Gasteiger partial charge is 0.243 e. The zero-order valence-electron chi connectivity index (χ0n) is 15.7. The summed E-state index contributed by atoms with van der Waals surface area (Å²) in [6, 6.07) is 13.3. The number of sulfone groups is 1. The minimum Gasteiger partial charge on any atom is -0.493 e. The molecule has 1 aliphatic rings. The summed E-state index contributed by atoms with van der Waals surface area (Å²) in [6.07, 6.45) is 0.207. The van der Waals surface area contributed by atoms with Crippen LogP contribution in [-0.2, 0) is 19.9 Å². The van der Waals surface area contributed by atoms with E-state index in [9.17, 15) is 16.8 Å². The molecule has 1 saturated heterocycles. The monoisotopic (exact) mass is 425 g/mol. The fourth-order valence-corrected chi connectivity index (χ4v) is 6.71. The Morgan fingerprint density at radius 2 is 1.64 bits per heavy atom. The molecule has 0 aromatic heterocycles. The van der Waals surface area contributed by atoms with Crippen molar-refractivity contribution in [3.05, 3.63) is 54.1 Å². The summed E-state index contributed by atoms with van der Waals surface area (Å²) in [6.45, 7) is 0.0395. The predicted octanol–water partition coefficient (Wildman–Crippen LogP) is 2.25. The van der Waals surface area contributed by atoms with E-state index in [1.807, 2.05) is 6.07 Å². The van der Waals surface area contributed by atoms with Crippen LogP contribution in [-0.4, -0.2) is 54.2 Å². The third-order valence-corrected chi connectivity index (χ3v) is 8.88. The van der Waals surface area contributed by atoms with Crippen molar-refractivity contribution in [1.82, 2.24) is 4.31 Å². The van der Waals surface area contributed by atoms with Crippen molar-refractivity contribution in [2.45, 2.75) is 16.6 Å². The molecule has 152 valence electrons. The van der Waals surface area contributed by atoms with Crippen LogP contribution in [0.4, 0.5) is 0 Å². The molecule has 0 unspecified atom stereocenters. The molecule has 1 aliphatic heterocycles. The maximum absolute atomic E-state index is 13.1. The largest absolute Gasteiger partial charge is 0.493 e. The van der Waals surface area contributed by atoms with Crippen molar-refractivity contribution in [1.29, 1.82) is 0 Å². The Bertz CT molecular complexity index is 1040. The predicted molar refractivity (Wildman–Crippen MR) is 106 cm³/mol. The molecule has 1 fully saturated rings. The second-order valence-corrected chi connectivity index (χ2v) is 10.7. The fraction of sp³-hybridized carbons (Fsp3) is 0.368. The van der Waals surface area contributed by atoms with Crippen molar-refractivity contribution in [2.75, 3.05) is 33.1 Å². The van der Waals surface area contributed by atoms with Gasteiger partial charge in [-0.15, -0.1) is 0 Å². The molecule has 1 heterocycles. The van der Waals surface area contributed by atoms with E-state index in [0.717, 1.165) is 0 Å². The van der Waals surface area contributed by atoms with E-state index in [2.05, 4.69) is 0 Å². The van der Waals surface area contributed by atoms with Gasteiger partial charge in [0, 0.05) is 19.2 Å². The summed E-state index contributed by atoms with van der Waals surface area (Å²) < 4.78 is 63.2. The van der Waals surface area contributed by atoms with Gasteiger partial charge in [0.2, 0.25) is 10.0 Å². The lowest BCUT2D eigenvalue weighted by Gasteiger charge is -2.20. The minimum absolute atomic E-state index is 0.0423. The van der Waals surface area contributed by atoms with Gasteiger partial charge in [-0.1, -0.05) is 30.3 Å². The van der Waals surface area contributed by atoms with Crippen LogP contribution in [0.25, 0.3) is 0 Å². The third-order valence-electron chi connectivity index (χ3n) is 4.86. The Hall–Kier alpha value is -2.10. The second kappa shape index (κ2) is 8.10. The van der Waals surface area contributed by atoms with E-state index in [1.165, 1.54) is 36.7 Å². The van der Waals surface area contributed by atoms with Crippen LogP contribution in [0.15, 0.2) is 53.4 Å². The van der Waals surface area contributed by atoms with E-state index in [0.29, 0.717) is 17.1 Å². The minimum atomic E-state index is -3.87. The average Bonchev–Trinajstić information content (AvgIpc) is 2.86. The first-order valence-corrected chi connectivity index (χ1v) is 11.9. The molecular formula is C19H23NO6S2. The highest BCUT2D eigenvalue weighted by molar-refractivity contribution is 7.92. The molecule has 0 saturated carbocycles. The maximum atomic E-state index is 13.1. The summed E-state index contributed by atoms with van der Waals surface area (Å²) in [5, 5.41) is -0.709. The number of nitrogens with zero attached hydrogens (tertiary/aromatic N) is 1. The first kappa shape index (κ1) is 20.6. The molecule has 0 bridgehead atoms. The van der Waals surface area contributed by atoms with E-state index in [1.54, 1.807) is 24.3 Å². The molecule has 2 aromatic rings. The molecule has 0 spiro atoms. The van der Waals surface area contributed by atoms with E-state index < -0.39 is 25.1 Å². The lowest BCUT2D eigenvalue weighted by Crippen LogP contribution is -2.33. The summed E-state index contributed by atoms with van der Waals surface area (Å²) in [7, 11) is -4.43. The number of benzene rings is 2. The average molecular weight is 426 g/mol. The van der Waals surface area contributed by atoms with E-state index >= 15 is 0 Å². The number of ether oxygens (including phenoxy) is 2. The fourth-order valence-electron chi connectivity index (χ4n) is 3.33. The molecule has 3 rings (SSSR count). The van der Waals surface area contributed by atoms with Crippen LogP contribution in [0.5, 0.6) is 11.5 Å².